The van der Waals surface area contributed by atoms with Crippen LogP contribution in [0, 0.1) is 11.8 Å². The van der Waals surface area contributed by atoms with Crippen molar-refractivity contribution in [2.75, 3.05) is 44.4 Å². The summed E-state index contributed by atoms with van der Waals surface area (Å²) in [5.41, 5.74) is 1.46. The number of hydrogen-bond acceptors (Lipinski definition) is 6. The van der Waals surface area contributed by atoms with Crippen LogP contribution in [-0.4, -0.2) is 70.1 Å². The Hall–Kier alpha value is -3.47. The van der Waals surface area contributed by atoms with Crippen molar-refractivity contribution in [2.45, 2.75) is 36.3 Å². The second kappa shape index (κ2) is 11.3. The molecule has 39 heavy (non-hydrogen) atoms. The molecule has 2 heterocycles. The number of benzene rings is 2. The van der Waals surface area contributed by atoms with Gasteiger partial charge in [-0.25, -0.2) is 17.9 Å². The van der Waals surface area contributed by atoms with Gasteiger partial charge in [-0.2, -0.15) is 13.2 Å². The smallest absolute Gasteiger partial charge is 0.406 e. The van der Waals surface area contributed by atoms with Crippen LogP contribution in [0.4, 0.5) is 28.9 Å². The van der Waals surface area contributed by atoms with Crippen LogP contribution < -0.4 is 20.5 Å². The molecule has 4 N–H and O–H groups in total. The third-order valence-electron chi connectivity index (χ3n) is 6.45. The molecule has 2 atom stereocenters. The van der Waals surface area contributed by atoms with Crippen LogP contribution in [0.25, 0.3) is 10.9 Å². The molecule has 0 radical (unpaired) electrons. The summed E-state index contributed by atoms with van der Waals surface area (Å²) < 4.78 is 84.5. The predicted molar refractivity (Wildman–Crippen MR) is 142 cm³/mol. The number of rotatable bonds is 7. The molecule has 0 amide bonds. The Bertz CT molecular complexity index is 1510. The number of nitrogens with zero attached hydrogens (tertiary/aromatic N) is 2. The van der Waals surface area contributed by atoms with E-state index in [-0.39, 0.29) is 29.4 Å². The van der Waals surface area contributed by atoms with Gasteiger partial charge in [0.25, 0.3) is 0 Å². The first kappa shape index (κ1) is 28.5. The third-order valence-corrected chi connectivity index (χ3v) is 7.36. The first-order valence-electron chi connectivity index (χ1n) is 12.1. The Morgan fingerprint density at radius 2 is 1.95 bits per heavy atom. The van der Waals surface area contributed by atoms with Crippen molar-refractivity contribution in [1.82, 2.24) is 9.47 Å². The SMILES string of the molecule is COc1cc(S(N)(=O)=O)ccc1NCC#Cc1cc2c(N[C@H]3CCN(C)CC3F)cccc2n1CC(F)(F)F. The fourth-order valence-electron chi connectivity index (χ4n) is 4.55. The first-order chi connectivity index (χ1) is 18.4. The van der Waals surface area contributed by atoms with Crippen molar-refractivity contribution in [1.29, 1.82) is 0 Å². The monoisotopic (exact) mass is 567 g/mol. The van der Waals surface area contributed by atoms with E-state index in [4.69, 9.17) is 9.88 Å². The molecule has 1 saturated heterocycles. The first-order valence-corrected chi connectivity index (χ1v) is 13.6. The van der Waals surface area contributed by atoms with Crippen LogP contribution in [0.2, 0.25) is 0 Å². The maximum atomic E-state index is 14.6. The standard InChI is InChI=1S/C26H29F4N5O3S/c1-34-12-10-22(20(27)15-34)33-21-6-3-7-24-19(21)13-17(35(24)16-26(28,29)30)5-4-11-32-23-9-8-18(39(31,36)37)14-25(23)38-2/h3,6-9,13-14,20,22,32-33H,10-12,15-16H2,1-2H3,(H2,31,36,37)/t20?,22-/m0/s1. The summed E-state index contributed by atoms with van der Waals surface area (Å²) >= 11 is 0. The second-order valence-electron chi connectivity index (χ2n) is 9.35. The van der Waals surface area contributed by atoms with Crippen molar-refractivity contribution in [3.63, 3.8) is 0 Å². The predicted octanol–water partition coefficient (Wildman–Crippen LogP) is 3.78. The highest BCUT2D eigenvalue weighted by atomic mass is 32.2. The van der Waals surface area contributed by atoms with Gasteiger partial charge in [-0.15, -0.1) is 0 Å². The number of aromatic nitrogens is 1. The number of sulfonamides is 1. The Morgan fingerprint density at radius 3 is 2.62 bits per heavy atom. The Balaban J connectivity index is 1.61. The summed E-state index contributed by atoms with van der Waals surface area (Å²) in [5.74, 6) is 5.83. The lowest BCUT2D eigenvalue weighted by molar-refractivity contribution is -0.140. The molecule has 13 heteroatoms. The van der Waals surface area contributed by atoms with Gasteiger partial charge in [-0.1, -0.05) is 12.0 Å². The third kappa shape index (κ3) is 6.95. The summed E-state index contributed by atoms with van der Waals surface area (Å²) in [5, 5.41) is 11.8. The zero-order valence-corrected chi connectivity index (χ0v) is 22.2. The minimum Gasteiger partial charge on any atom is -0.495 e. The number of halogens is 4. The van der Waals surface area contributed by atoms with Gasteiger partial charge in [0.2, 0.25) is 10.0 Å². The lowest BCUT2D eigenvalue weighted by Crippen LogP contribution is -2.46. The quantitative estimate of drug-likeness (QED) is 0.297. The number of anilines is 2. The molecule has 8 nitrogen and oxygen atoms in total. The minimum absolute atomic E-state index is 0.0306. The topological polar surface area (TPSA) is 102 Å². The molecule has 1 aliphatic rings. The summed E-state index contributed by atoms with van der Waals surface area (Å²) in [6.45, 7) is -0.215. The van der Waals surface area contributed by atoms with E-state index in [0.717, 1.165) is 4.57 Å². The number of nitrogens with two attached hydrogens (primary N) is 1. The van der Waals surface area contributed by atoms with E-state index in [9.17, 15) is 26.0 Å². The van der Waals surface area contributed by atoms with Crippen molar-refractivity contribution < 1.29 is 30.7 Å². The molecule has 1 fully saturated rings. The van der Waals surface area contributed by atoms with Gasteiger partial charge >= 0.3 is 6.18 Å². The van der Waals surface area contributed by atoms with Gasteiger partial charge in [-0.05, 0) is 49.7 Å². The van der Waals surface area contributed by atoms with Gasteiger partial charge < -0.3 is 24.8 Å². The fraction of sp³-hybridized carbons (Fsp3) is 0.385. The molecule has 210 valence electrons. The maximum Gasteiger partial charge on any atom is 0.406 e. The molecule has 0 spiro atoms. The number of methoxy groups -OCH3 is 1. The molecule has 4 rings (SSSR count). The molecule has 0 bridgehead atoms. The number of fused-ring (bicyclic) bond motifs is 1. The molecule has 1 aliphatic heterocycles. The Kier molecular flexibility index (Phi) is 8.29. The number of hydrogen-bond donors (Lipinski definition) is 3. The number of ether oxygens (including phenoxy) is 1. The van der Waals surface area contributed by atoms with Crippen molar-refractivity contribution in [3.8, 4) is 17.6 Å². The maximum absolute atomic E-state index is 14.6. The van der Waals surface area contributed by atoms with Crippen molar-refractivity contribution >= 4 is 32.3 Å². The van der Waals surface area contributed by atoms with E-state index in [0.29, 0.717) is 35.2 Å². The van der Waals surface area contributed by atoms with Crippen molar-refractivity contribution in [2.24, 2.45) is 5.14 Å². The number of alkyl halides is 4. The lowest BCUT2D eigenvalue weighted by Gasteiger charge is -2.33. The van der Waals surface area contributed by atoms with E-state index in [1.807, 2.05) is 11.9 Å². The number of nitrogens with one attached hydrogen (secondary N) is 2. The van der Waals surface area contributed by atoms with Gasteiger partial charge in [0, 0.05) is 30.2 Å². The highest BCUT2D eigenvalue weighted by molar-refractivity contribution is 7.89. The molecule has 2 aromatic carbocycles. The zero-order valence-electron chi connectivity index (χ0n) is 21.3. The van der Waals surface area contributed by atoms with Crippen molar-refractivity contribution in [3.05, 3.63) is 48.2 Å². The molecule has 1 aromatic heterocycles. The Labute approximate surface area is 224 Å². The highest BCUT2D eigenvalue weighted by Gasteiger charge is 2.31. The van der Waals surface area contributed by atoms with Gasteiger partial charge in [0.05, 0.1) is 41.5 Å². The number of primary sulfonamides is 1. The normalized spacial score (nSPS) is 18.4. The van der Waals surface area contributed by atoms with E-state index in [1.165, 1.54) is 25.3 Å². The molecule has 0 saturated carbocycles. The van der Waals surface area contributed by atoms with E-state index in [1.54, 1.807) is 24.3 Å². The molecular formula is C26H29F4N5O3S. The van der Waals surface area contributed by atoms with Gasteiger partial charge in [-0.3, -0.25) is 0 Å². The van der Waals surface area contributed by atoms with E-state index < -0.39 is 35.0 Å². The van der Waals surface area contributed by atoms with Crippen LogP contribution in [0.1, 0.15) is 12.1 Å². The van der Waals surface area contributed by atoms with Gasteiger partial charge in [0.15, 0.2) is 0 Å². The van der Waals surface area contributed by atoms with E-state index in [2.05, 4.69) is 22.5 Å². The lowest BCUT2D eigenvalue weighted by atomic mass is 10.0. The second-order valence-corrected chi connectivity index (χ2v) is 10.9. The summed E-state index contributed by atoms with van der Waals surface area (Å²) in [6, 6.07) is 10.1. The van der Waals surface area contributed by atoms with Crippen LogP contribution in [-0.2, 0) is 16.6 Å². The van der Waals surface area contributed by atoms with Gasteiger partial charge in [0.1, 0.15) is 18.5 Å². The van der Waals surface area contributed by atoms with E-state index >= 15 is 0 Å². The number of piperidine rings is 1. The Morgan fingerprint density at radius 1 is 1.18 bits per heavy atom. The average molecular weight is 568 g/mol. The molecule has 0 aliphatic carbocycles. The summed E-state index contributed by atoms with van der Waals surface area (Å²) in [7, 11) is -0.721. The molecule has 3 aromatic rings. The molecular weight excluding hydrogens is 538 g/mol. The summed E-state index contributed by atoms with van der Waals surface area (Å²) in [6.07, 6.45) is -5.03. The fourth-order valence-corrected chi connectivity index (χ4v) is 5.08. The van der Waals surface area contributed by atoms with Crippen LogP contribution in [0.3, 0.4) is 0 Å². The largest absolute Gasteiger partial charge is 0.495 e. The van der Waals surface area contributed by atoms with Crippen LogP contribution in [0.15, 0.2) is 47.4 Å². The molecule has 1 unspecified atom stereocenters. The van der Waals surface area contributed by atoms with Crippen LogP contribution in [0.5, 0.6) is 5.75 Å². The number of likely N-dealkylation sites (tertiary alicyclic amines) is 1. The minimum atomic E-state index is -4.49. The zero-order chi connectivity index (χ0) is 28.4. The van der Waals surface area contributed by atoms with Crippen LogP contribution >= 0.6 is 0 Å². The average Bonchev–Trinajstić information content (AvgIpc) is 3.19. The highest BCUT2D eigenvalue weighted by Crippen LogP contribution is 2.32. The summed E-state index contributed by atoms with van der Waals surface area (Å²) in [4.78, 5) is 1.77.